The summed E-state index contributed by atoms with van der Waals surface area (Å²) in [5.74, 6) is 0. The van der Waals surface area contributed by atoms with Gasteiger partial charge in [-0.15, -0.1) is 59.3 Å². The second-order valence-electron chi connectivity index (χ2n) is 8.35. The van der Waals surface area contributed by atoms with Gasteiger partial charge in [0.1, 0.15) is 0 Å². The molecule has 0 aromatic heterocycles. The minimum Gasteiger partial charge on any atom is -1.00 e. The van der Waals surface area contributed by atoms with Crippen LogP contribution in [-0.4, -0.2) is 23.3 Å². The fourth-order valence-corrected chi connectivity index (χ4v) is 6.69. The Bertz CT molecular complexity index is 1360. The zero-order chi connectivity index (χ0) is 25.0. The van der Waals surface area contributed by atoms with Gasteiger partial charge in [-0.25, -0.2) is 0 Å². The molecule has 0 aliphatic heterocycles. The first-order valence-electron chi connectivity index (χ1n) is 12.1. The van der Waals surface area contributed by atoms with Crippen LogP contribution in [0.4, 0.5) is 0 Å². The van der Waals surface area contributed by atoms with E-state index in [0.29, 0.717) is 0 Å². The Labute approximate surface area is 259 Å². The summed E-state index contributed by atoms with van der Waals surface area (Å²) in [7, 11) is 1.72. The molecule has 6 aromatic carbocycles. The molecular formula is C33H28Cl2Si2Zr-2. The van der Waals surface area contributed by atoms with Gasteiger partial charge in [0, 0.05) is 19.0 Å². The van der Waals surface area contributed by atoms with Gasteiger partial charge in [0.15, 0.2) is 0 Å². The molecule has 6 aromatic rings. The smallest absolute Gasteiger partial charge is 0.0109 e. The summed E-state index contributed by atoms with van der Waals surface area (Å²) in [5.41, 5.74) is 2.85. The van der Waals surface area contributed by atoms with Crippen LogP contribution in [0.25, 0.3) is 21.5 Å². The fourth-order valence-electron chi connectivity index (χ4n) is 4.20. The predicted molar refractivity (Wildman–Crippen MR) is 157 cm³/mol. The molecule has 0 saturated heterocycles. The third kappa shape index (κ3) is 8.97. The number of hydrogen-bond donors (Lipinski definition) is 0. The van der Waals surface area contributed by atoms with Crippen LogP contribution in [0.1, 0.15) is 11.1 Å². The molecule has 0 fully saturated rings. The second kappa shape index (κ2) is 17.5. The molecular weight excluding hydrogens is 615 g/mol. The maximum Gasteiger partial charge on any atom is 0.0109 e. The maximum atomic E-state index is 3.34. The number of halogens is 2. The molecule has 38 heavy (non-hydrogen) atoms. The third-order valence-electron chi connectivity index (χ3n) is 6.01. The summed E-state index contributed by atoms with van der Waals surface area (Å²) < 4.78 is 3.34. The van der Waals surface area contributed by atoms with Crippen LogP contribution >= 0.6 is 0 Å². The van der Waals surface area contributed by atoms with Gasteiger partial charge in [0.25, 0.3) is 0 Å². The van der Waals surface area contributed by atoms with E-state index in [4.69, 9.17) is 0 Å². The predicted octanol–water partition coefficient (Wildman–Crippen LogP) is 0.150. The summed E-state index contributed by atoms with van der Waals surface area (Å²) in [4.78, 5) is 0. The monoisotopic (exact) mass is 640 g/mol. The van der Waals surface area contributed by atoms with E-state index >= 15 is 0 Å². The summed E-state index contributed by atoms with van der Waals surface area (Å²) in [6.07, 6.45) is 0. The van der Waals surface area contributed by atoms with Crippen LogP contribution < -0.4 is 35.2 Å². The quantitative estimate of drug-likeness (QED) is 0.180. The molecule has 0 aliphatic rings. The van der Waals surface area contributed by atoms with Crippen LogP contribution in [0.2, 0.25) is 0 Å². The van der Waals surface area contributed by atoms with E-state index in [1.807, 2.05) is 0 Å². The van der Waals surface area contributed by atoms with E-state index in [1.54, 1.807) is 0 Å². The average molecular weight is 643 g/mol. The molecule has 188 valence electrons. The van der Waals surface area contributed by atoms with Crippen molar-refractivity contribution in [3.63, 3.8) is 0 Å². The van der Waals surface area contributed by atoms with E-state index in [9.17, 15) is 0 Å². The van der Waals surface area contributed by atoms with Crippen molar-refractivity contribution < 1.29 is 49.0 Å². The molecule has 0 N–H and O–H groups in total. The first-order valence-corrected chi connectivity index (χ1v) is 16.2. The van der Waals surface area contributed by atoms with E-state index in [-0.39, 0.29) is 24.8 Å². The Morgan fingerprint density at radius 1 is 0.500 bits per heavy atom. The Morgan fingerprint density at radius 2 is 0.842 bits per heavy atom. The summed E-state index contributed by atoms with van der Waals surface area (Å²) >= 11 is 1.30. The number of fused-ring (bicyclic) bond motifs is 2. The molecule has 0 nitrogen and oxygen atoms in total. The summed E-state index contributed by atoms with van der Waals surface area (Å²) in [6, 6.07) is 50.0. The molecule has 4 radical (unpaired) electrons. The molecule has 0 heterocycles. The SMILES string of the molecule is [CH2]=[Zr+2].[Cl-].[Cl-].c1ccc(C[Si]c2c[cH-]c3ccccc23)cc1.c1ccc(C[Si]c2c[cH-]c3ccccc23)cc1. The number of hydrogen-bond acceptors (Lipinski definition) is 0. The van der Waals surface area contributed by atoms with E-state index < -0.39 is 0 Å². The van der Waals surface area contributed by atoms with Crippen molar-refractivity contribution in [1.82, 2.24) is 0 Å². The molecule has 0 unspecified atom stereocenters. The van der Waals surface area contributed by atoms with Crippen LogP contribution in [0.5, 0.6) is 0 Å². The Kier molecular flexibility index (Phi) is 14.7. The minimum atomic E-state index is 0. The van der Waals surface area contributed by atoms with Gasteiger partial charge in [-0.1, -0.05) is 83.9 Å². The molecule has 0 aliphatic carbocycles. The minimum absolute atomic E-state index is 0. The largest absolute Gasteiger partial charge is 1.00 e. The molecule has 0 spiro atoms. The Hall–Kier alpha value is -2.13. The standard InChI is InChI=1S/2C16H13Si.CH2.2ClH.Zr/c2*1-2-6-13(7-3-1)12-17-16-11-10-14-8-4-5-9-15(14)16;;;;/h2*1-11H,12H2;1H2;2*1H;/q2*-1;;;;+2/p-2. The van der Waals surface area contributed by atoms with Gasteiger partial charge >= 0.3 is 28.4 Å². The van der Waals surface area contributed by atoms with E-state index in [0.717, 1.165) is 31.1 Å². The van der Waals surface area contributed by atoms with Gasteiger partial charge in [-0.2, -0.15) is 33.3 Å². The van der Waals surface area contributed by atoms with E-state index in [2.05, 4.69) is 138 Å². The normalized spacial score (nSPS) is 9.84. The van der Waals surface area contributed by atoms with Crippen molar-refractivity contribution in [3.05, 3.63) is 145 Å². The van der Waals surface area contributed by atoms with Crippen molar-refractivity contribution in [3.8, 4) is 0 Å². The third-order valence-corrected chi connectivity index (χ3v) is 8.82. The van der Waals surface area contributed by atoms with Gasteiger partial charge in [-0.05, 0) is 12.1 Å². The van der Waals surface area contributed by atoms with Gasteiger partial charge < -0.3 is 24.8 Å². The van der Waals surface area contributed by atoms with Crippen LogP contribution in [-0.2, 0) is 36.3 Å². The van der Waals surface area contributed by atoms with Crippen LogP contribution in [0.3, 0.4) is 0 Å². The van der Waals surface area contributed by atoms with Gasteiger partial charge in [-0.3, -0.25) is 0 Å². The van der Waals surface area contributed by atoms with Gasteiger partial charge in [0.05, 0.1) is 0 Å². The topological polar surface area (TPSA) is 0 Å². The molecule has 0 bridgehead atoms. The van der Waals surface area contributed by atoms with E-state index in [1.165, 1.54) is 67.3 Å². The molecule has 0 saturated carbocycles. The average Bonchev–Trinajstić information content (AvgIpc) is 3.57. The first-order chi connectivity index (χ1) is 17.9. The maximum absolute atomic E-state index is 3.34. The zero-order valence-corrected chi connectivity index (χ0v) is 27.0. The van der Waals surface area contributed by atoms with Crippen molar-refractivity contribution in [2.75, 3.05) is 0 Å². The summed E-state index contributed by atoms with van der Waals surface area (Å²) in [5, 5.41) is 8.54. The number of rotatable bonds is 6. The Balaban J connectivity index is 0.000000239. The summed E-state index contributed by atoms with van der Waals surface area (Å²) in [6.45, 7) is 0. The van der Waals surface area contributed by atoms with Crippen molar-refractivity contribution in [1.29, 1.82) is 0 Å². The fraction of sp³-hybridized carbons (Fsp3) is 0.0606. The van der Waals surface area contributed by atoms with Crippen LogP contribution in [0.15, 0.2) is 133 Å². The van der Waals surface area contributed by atoms with Crippen LogP contribution in [0, 0.1) is 0 Å². The molecule has 6 rings (SSSR count). The molecule has 0 atom stereocenters. The Morgan fingerprint density at radius 3 is 1.24 bits per heavy atom. The molecule has 5 heteroatoms. The van der Waals surface area contributed by atoms with Crippen molar-refractivity contribution >= 4 is 55.2 Å². The zero-order valence-electron chi connectivity index (χ0n) is 21.1. The molecule has 0 amide bonds. The second-order valence-corrected chi connectivity index (χ2v) is 10.8. The van der Waals surface area contributed by atoms with Gasteiger partial charge in [0.2, 0.25) is 0 Å². The number of benzene rings is 4. The van der Waals surface area contributed by atoms with Crippen molar-refractivity contribution in [2.24, 2.45) is 0 Å². The first kappa shape index (κ1) is 32.1. The van der Waals surface area contributed by atoms with Crippen molar-refractivity contribution in [2.45, 2.75) is 12.1 Å².